The number of aromatic nitrogens is 1. The number of ether oxygens (including phenoxy) is 3. The lowest BCUT2D eigenvalue weighted by Crippen LogP contribution is -2.48. The Kier molecular flexibility index (Phi) is 5.29. The van der Waals surface area contributed by atoms with Crippen molar-refractivity contribution in [3.8, 4) is 23.1 Å². The number of benzene rings is 2. The van der Waals surface area contributed by atoms with Gasteiger partial charge in [-0.05, 0) is 55.0 Å². The van der Waals surface area contributed by atoms with E-state index in [0.29, 0.717) is 23.1 Å². The third kappa shape index (κ3) is 4.45. The first-order chi connectivity index (χ1) is 14.1. The maximum Gasteiger partial charge on any atom is 0.265 e. The highest BCUT2D eigenvalue weighted by Gasteiger charge is 2.33. The molecule has 0 saturated carbocycles. The number of para-hydroxylation sites is 2. The smallest absolute Gasteiger partial charge is 0.265 e. The molecule has 7 heteroatoms. The first kappa shape index (κ1) is 18.7. The van der Waals surface area contributed by atoms with Gasteiger partial charge in [-0.2, -0.15) is 0 Å². The van der Waals surface area contributed by atoms with Gasteiger partial charge in [-0.3, -0.25) is 4.79 Å². The van der Waals surface area contributed by atoms with E-state index in [1.165, 1.54) is 24.3 Å². The number of amides is 1. The van der Waals surface area contributed by atoms with Crippen LogP contribution in [0.2, 0.25) is 0 Å². The quantitative estimate of drug-likeness (QED) is 0.712. The molecular weight excluding hydrogens is 375 g/mol. The summed E-state index contributed by atoms with van der Waals surface area (Å²) in [4.78, 5) is 16.7. The van der Waals surface area contributed by atoms with E-state index in [0.717, 1.165) is 5.56 Å². The van der Waals surface area contributed by atoms with Crippen LogP contribution < -0.4 is 19.5 Å². The molecule has 2 unspecified atom stereocenters. The van der Waals surface area contributed by atoms with Gasteiger partial charge in [-0.1, -0.05) is 12.1 Å². The van der Waals surface area contributed by atoms with Crippen LogP contribution in [0.3, 0.4) is 0 Å². The molecule has 2 atom stereocenters. The monoisotopic (exact) mass is 394 g/mol. The minimum Gasteiger partial charge on any atom is -0.482 e. The molecule has 0 fully saturated rings. The third-order valence-electron chi connectivity index (χ3n) is 4.40. The Hall–Kier alpha value is -3.61. The van der Waals surface area contributed by atoms with E-state index < -0.39 is 12.2 Å². The highest BCUT2D eigenvalue weighted by Crippen LogP contribution is 2.33. The van der Waals surface area contributed by atoms with Crippen LogP contribution in [-0.2, 0) is 11.3 Å². The number of rotatable bonds is 5. The van der Waals surface area contributed by atoms with Gasteiger partial charge in [-0.25, -0.2) is 9.37 Å². The van der Waals surface area contributed by atoms with Crippen molar-refractivity contribution in [1.82, 2.24) is 10.3 Å². The number of carbonyl (C=O) groups is 1. The molecule has 0 saturated heterocycles. The van der Waals surface area contributed by atoms with Gasteiger partial charge < -0.3 is 19.5 Å². The highest BCUT2D eigenvalue weighted by molar-refractivity contribution is 5.82. The maximum absolute atomic E-state index is 13.0. The van der Waals surface area contributed by atoms with Crippen LogP contribution in [0.4, 0.5) is 4.39 Å². The number of halogens is 1. The summed E-state index contributed by atoms with van der Waals surface area (Å²) in [6.07, 6.45) is 0.417. The molecule has 1 aliphatic heterocycles. The largest absolute Gasteiger partial charge is 0.482 e. The van der Waals surface area contributed by atoms with Crippen LogP contribution in [0.15, 0.2) is 66.9 Å². The second-order valence-corrected chi connectivity index (χ2v) is 6.58. The molecule has 0 bridgehead atoms. The van der Waals surface area contributed by atoms with Gasteiger partial charge in [0.15, 0.2) is 11.5 Å². The molecule has 1 aromatic heterocycles. The van der Waals surface area contributed by atoms with Gasteiger partial charge in [0.1, 0.15) is 17.7 Å². The lowest BCUT2D eigenvalue weighted by atomic mass is 10.1. The fourth-order valence-corrected chi connectivity index (χ4v) is 2.94. The Labute approximate surface area is 167 Å². The lowest BCUT2D eigenvalue weighted by molar-refractivity contribution is -0.133. The Bertz CT molecular complexity index is 1010. The van der Waals surface area contributed by atoms with E-state index in [1.54, 1.807) is 37.4 Å². The van der Waals surface area contributed by atoms with E-state index >= 15 is 0 Å². The van der Waals surface area contributed by atoms with Gasteiger partial charge in [0.25, 0.3) is 5.91 Å². The normalized spacial score (nSPS) is 17.4. The maximum atomic E-state index is 13.0. The Morgan fingerprint density at radius 1 is 1.10 bits per heavy atom. The number of hydrogen-bond donors (Lipinski definition) is 1. The molecule has 0 spiro atoms. The summed E-state index contributed by atoms with van der Waals surface area (Å²) < 4.78 is 30.2. The van der Waals surface area contributed by atoms with E-state index in [9.17, 15) is 9.18 Å². The van der Waals surface area contributed by atoms with E-state index in [1.807, 2.05) is 12.1 Å². The van der Waals surface area contributed by atoms with Gasteiger partial charge >= 0.3 is 0 Å². The predicted molar refractivity (Wildman–Crippen MR) is 104 cm³/mol. The first-order valence-electron chi connectivity index (χ1n) is 9.17. The Morgan fingerprint density at radius 3 is 2.59 bits per heavy atom. The number of fused-ring (bicyclic) bond motifs is 1. The van der Waals surface area contributed by atoms with Gasteiger partial charge in [0.05, 0.1) is 0 Å². The topological polar surface area (TPSA) is 69.7 Å². The zero-order chi connectivity index (χ0) is 20.2. The van der Waals surface area contributed by atoms with Crippen molar-refractivity contribution < 1.29 is 23.4 Å². The first-order valence-corrected chi connectivity index (χ1v) is 9.17. The minimum atomic E-state index is -0.748. The van der Waals surface area contributed by atoms with Crippen LogP contribution in [0.25, 0.3) is 0 Å². The van der Waals surface area contributed by atoms with Crippen LogP contribution >= 0.6 is 0 Å². The summed E-state index contributed by atoms with van der Waals surface area (Å²) in [7, 11) is 0. The van der Waals surface area contributed by atoms with Crippen molar-refractivity contribution in [3.63, 3.8) is 0 Å². The number of nitrogens with one attached hydrogen (secondary N) is 1. The van der Waals surface area contributed by atoms with Gasteiger partial charge in [-0.15, -0.1) is 0 Å². The third-order valence-corrected chi connectivity index (χ3v) is 4.40. The lowest BCUT2D eigenvalue weighted by Gasteiger charge is -2.31. The minimum absolute atomic E-state index is 0.273. The molecule has 0 aliphatic carbocycles. The molecule has 148 valence electrons. The summed E-state index contributed by atoms with van der Waals surface area (Å²) in [5.74, 6) is 1.38. The second-order valence-electron chi connectivity index (χ2n) is 6.58. The molecule has 1 amide bonds. The van der Waals surface area contributed by atoms with E-state index in [-0.39, 0.29) is 18.3 Å². The molecule has 6 nitrogen and oxygen atoms in total. The zero-order valence-electron chi connectivity index (χ0n) is 15.7. The van der Waals surface area contributed by atoms with Crippen LogP contribution in [0.5, 0.6) is 23.1 Å². The van der Waals surface area contributed by atoms with Crippen molar-refractivity contribution in [2.75, 3.05) is 0 Å². The Morgan fingerprint density at radius 2 is 1.83 bits per heavy atom. The summed E-state index contributed by atoms with van der Waals surface area (Å²) in [6.45, 7) is 2.07. The molecule has 4 rings (SSSR count). The van der Waals surface area contributed by atoms with Crippen molar-refractivity contribution in [3.05, 3.63) is 78.2 Å². The second kappa shape index (κ2) is 8.18. The number of carbonyl (C=O) groups excluding carboxylic acids is 1. The molecule has 0 radical (unpaired) electrons. The fraction of sp³-hybridized carbons (Fsp3) is 0.182. The molecule has 1 N–H and O–H groups in total. The van der Waals surface area contributed by atoms with Crippen LogP contribution in [0, 0.1) is 5.82 Å². The van der Waals surface area contributed by atoms with Crippen molar-refractivity contribution in [2.24, 2.45) is 0 Å². The number of pyridine rings is 1. The summed E-state index contributed by atoms with van der Waals surface area (Å²) >= 11 is 0. The molecule has 1 aliphatic rings. The molecular formula is C22H19FN2O4. The zero-order valence-corrected chi connectivity index (χ0v) is 15.7. The van der Waals surface area contributed by atoms with Gasteiger partial charge in [0, 0.05) is 18.8 Å². The highest BCUT2D eigenvalue weighted by atomic mass is 19.1. The Balaban J connectivity index is 1.37. The molecule has 2 aromatic carbocycles. The summed E-state index contributed by atoms with van der Waals surface area (Å²) in [5, 5.41) is 2.85. The van der Waals surface area contributed by atoms with Gasteiger partial charge in [0.2, 0.25) is 12.0 Å². The SMILES string of the molecule is CC1Oc2ccccc2OC1C(=O)NCc1ccnc(Oc2ccc(F)cc2)c1. The van der Waals surface area contributed by atoms with Crippen molar-refractivity contribution in [1.29, 1.82) is 0 Å². The standard InChI is InChI=1S/C22H19FN2O4/c1-14-21(29-19-5-3-2-4-18(19)27-14)22(26)25-13-15-10-11-24-20(12-15)28-17-8-6-16(23)7-9-17/h2-12,14,21H,13H2,1H3,(H,25,26). The number of nitrogens with zero attached hydrogens (tertiary/aromatic N) is 1. The molecule has 29 heavy (non-hydrogen) atoms. The van der Waals surface area contributed by atoms with Crippen LogP contribution in [-0.4, -0.2) is 23.1 Å². The summed E-state index contributed by atoms with van der Waals surface area (Å²) in [6, 6.07) is 16.4. The van der Waals surface area contributed by atoms with Crippen molar-refractivity contribution in [2.45, 2.75) is 25.7 Å². The average molecular weight is 394 g/mol. The molecule has 2 heterocycles. The van der Waals surface area contributed by atoms with E-state index in [2.05, 4.69) is 10.3 Å². The number of hydrogen-bond acceptors (Lipinski definition) is 5. The average Bonchev–Trinajstić information content (AvgIpc) is 2.73. The van der Waals surface area contributed by atoms with E-state index in [4.69, 9.17) is 14.2 Å². The fourth-order valence-electron chi connectivity index (χ4n) is 2.94. The molecule has 3 aromatic rings. The summed E-state index contributed by atoms with van der Waals surface area (Å²) in [5.41, 5.74) is 0.801. The van der Waals surface area contributed by atoms with Crippen molar-refractivity contribution >= 4 is 5.91 Å². The predicted octanol–water partition coefficient (Wildman–Crippen LogP) is 3.86. The van der Waals surface area contributed by atoms with Crippen LogP contribution in [0.1, 0.15) is 12.5 Å².